The molecule has 7 atom stereocenters. The highest BCUT2D eigenvalue weighted by Crippen LogP contribution is 2.04. The minimum Gasteiger partial charge on any atom is -0.394 e. The van der Waals surface area contributed by atoms with Crippen LogP contribution in [0.3, 0.4) is 0 Å². The zero-order valence-electron chi connectivity index (χ0n) is 31.6. The van der Waals surface area contributed by atoms with E-state index in [0.717, 1.165) is 0 Å². The molecule has 0 rings (SSSR count). The average molecular weight is 818 g/mol. The standard InChI is InChI=1S/C31H55N13O13/c1-14(33)26(52)41-16(5-3-4-8-32)28(54)44-20(13-46)31(57)42-17(6-7-21(34)47)27(53)38-10-23(49)37-11-24(50)40-19(12-45)30(56)43-18(9-22(35)48)29(55)39-15(2)25(36)51/h14-20,45-46H,3-13,32-33H2,1-2H3,(H2,34,47)(H2,35,48)(H2,36,51)(H,37,49)(H,38,53)(H,39,55)(H,40,50)(H,41,52)(H,42,57)(H,43,56)(H,44,54)/t14-,15-,16-,17-,18-,19-,20-/m0/s1. The Morgan fingerprint density at radius 1 is 0.526 bits per heavy atom. The van der Waals surface area contributed by atoms with Gasteiger partial charge in [-0.2, -0.15) is 0 Å². The van der Waals surface area contributed by atoms with E-state index in [2.05, 4.69) is 42.5 Å². The third-order valence-corrected chi connectivity index (χ3v) is 7.65. The van der Waals surface area contributed by atoms with Gasteiger partial charge in [0, 0.05) is 6.42 Å². The van der Waals surface area contributed by atoms with Crippen LogP contribution in [0.25, 0.3) is 0 Å². The predicted molar refractivity (Wildman–Crippen MR) is 195 cm³/mol. The number of carbonyl (C=O) groups excluding carboxylic acids is 11. The molecule has 0 spiro atoms. The molecule has 0 saturated carbocycles. The lowest BCUT2D eigenvalue weighted by Crippen LogP contribution is -2.59. The van der Waals surface area contributed by atoms with E-state index in [1.165, 1.54) is 13.8 Å². The molecule has 0 aromatic heterocycles. The summed E-state index contributed by atoms with van der Waals surface area (Å²) < 4.78 is 0. The van der Waals surface area contributed by atoms with Gasteiger partial charge in [-0.05, 0) is 46.1 Å². The van der Waals surface area contributed by atoms with Crippen LogP contribution in [0.5, 0.6) is 0 Å². The van der Waals surface area contributed by atoms with Gasteiger partial charge in [0.2, 0.25) is 65.0 Å². The largest absolute Gasteiger partial charge is 0.394 e. The molecule has 26 nitrogen and oxygen atoms in total. The third kappa shape index (κ3) is 21.0. The van der Waals surface area contributed by atoms with Gasteiger partial charge in [0.25, 0.3) is 0 Å². The van der Waals surface area contributed by atoms with E-state index in [1.807, 2.05) is 0 Å². The zero-order valence-corrected chi connectivity index (χ0v) is 31.6. The molecule has 0 bridgehead atoms. The number of unbranched alkanes of at least 4 members (excludes halogenated alkanes) is 1. The molecule has 0 radical (unpaired) electrons. The highest BCUT2D eigenvalue weighted by Gasteiger charge is 2.31. The number of hydrogen-bond acceptors (Lipinski definition) is 15. The van der Waals surface area contributed by atoms with E-state index in [9.17, 15) is 63.0 Å². The van der Waals surface area contributed by atoms with Gasteiger partial charge in [0.1, 0.15) is 36.3 Å². The Hall–Kier alpha value is -5.99. The second-order valence-electron chi connectivity index (χ2n) is 12.6. The minimum atomic E-state index is -1.71. The number of carbonyl (C=O) groups is 11. The molecule has 0 unspecified atom stereocenters. The van der Waals surface area contributed by atoms with Crippen molar-refractivity contribution in [1.82, 2.24) is 42.5 Å². The molecule has 20 N–H and O–H groups in total. The van der Waals surface area contributed by atoms with Gasteiger partial charge < -0.3 is 81.4 Å². The molecule has 0 aromatic carbocycles. The zero-order chi connectivity index (χ0) is 43.8. The summed E-state index contributed by atoms with van der Waals surface area (Å²) in [4.78, 5) is 135. The molecule has 57 heavy (non-hydrogen) atoms. The molecule has 11 amide bonds. The van der Waals surface area contributed by atoms with Gasteiger partial charge in [-0.15, -0.1) is 0 Å². The molecule has 0 aliphatic rings. The summed E-state index contributed by atoms with van der Waals surface area (Å²) in [6.07, 6.45) is -0.488. The van der Waals surface area contributed by atoms with Gasteiger partial charge >= 0.3 is 0 Å². The third-order valence-electron chi connectivity index (χ3n) is 7.65. The molecular weight excluding hydrogens is 762 g/mol. The number of rotatable bonds is 28. The predicted octanol–water partition coefficient (Wildman–Crippen LogP) is -9.77. The summed E-state index contributed by atoms with van der Waals surface area (Å²) in [5.74, 6) is -10.6. The van der Waals surface area contributed by atoms with E-state index >= 15 is 0 Å². The number of nitrogens with one attached hydrogen (secondary N) is 8. The first-order valence-electron chi connectivity index (χ1n) is 17.6. The number of nitrogens with two attached hydrogens (primary N) is 5. The van der Waals surface area contributed by atoms with E-state index in [-0.39, 0.29) is 12.8 Å². The van der Waals surface area contributed by atoms with Crippen LogP contribution in [0, 0.1) is 0 Å². The molecular formula is C31H55N13O13. The summed E-state index contributed by atoms with van der Waals surface area (Å²) in [7, 11) is 0. The second-order valence-corrected chi connectivity index (χ2v) is 12.6. The monoisotopic (exact) mass is 817 g/mol. The van der Waals surface area contributed by atoms with Gasteiger partial charge in [-0.1, -0.05) is 0 Å². The SMILES string of the molecule is C[C@H](N)C(=O)N[C@@H](CCCCN)C(=O)N[C@@H](CO)C(=O)N[C@@H](CCC(N)=O)C(=O)NCC(=O)NCC(=O)N[C@@H](CO)C(=O)N[C@@H](CC(N)=O)C(=O)N[C@@H](C)C(N)=O. The first-order chi connectivity index (χ1) is 26.7. The minimum absolute atomic E-state index is 0.116. The van der Waals surface area contributed by atoms with Gasteiger partial charge in [-0.25, -0.2) is 0 Å². The summed E-state index contributed by atoms with van der Waals surface area (Å²) in [6, 6.07) is -9.82. The smallest absolute Gasteiger partial charge is 0.245 e. The molecule has 322 valence electrons. The summed E-state index contributed by atoms with van der Waals surface area (Å²) in [6.45, 7) is -0.643. The Balaban J connectivity index is 5.42. The summed E-state index contributed by atoms with van der Waals surface area (Å²) in [5.41, 5.74) is 26.4. The molecule has 0 fully saturated rings. The van der Waals surface area contributed by atoms with Crippen molar-refractivity contribution in [2.45, 2.75) is 94.7 Å². The van der Waals surface area contributed by atoms with Crippen LogP contribution in [0.4, 0.5) is 0 Å². The van der Waals surface area contributed by atoms with Crippen LogP contribution < -0.4 is 71.2 Å². The van der Waals surface area contributed by atoms with Crippen molar-refractivity contribution in [3.05, 3.63) is 0 Å². The maximum Gasteiger partial charge on any atom is 0.245 e. The number of primary amides is 3. The lowest BCUT2D eigenvalue weighted by molar-refractivity contribution is -0.135. The maximum atomic E-state index is 13.0. The average Bonchev–Trinajstić information content (AvgIpc) is 3.14. The van der Waals surface area contributed by atoms with E-state index < -0.39 is 146 Å². The fourth-order valence-electron chi connectivity index (χ4n) is 4.40. The summed E-state index contributed by atoms with van der Waals surface area (Å²) in [5, 5.41) is 37.1. The lowest BCUT2D eigenvalue weighted by Gasteiger charge is -2.24. The number of aliphatic hydroxyl groups is 2. The second kappa shape index (κ2) is 26.8. The number of hydrogen-bond donors (Lipinski definition) is 15. The van der Waals surface area contributed by atoms with Crippen molar-refractivity contribution in [3.8, 4) is 0 Å². The first-order valence-corrected chi connectivity index (χ1v) is 17.6. The highest BCUT2D eigenvalue weighted by atomic mass is 16.3. The Labute approximate surface area is 326 Å². The Morgan fingerprint density at radius 3 is 1.51 bits per heavy atom. The molecule has 0 aromatic rings. The fourth-order valence-corrected chi connectivity index (χ4v) is 4.40. The quantitative estimate of drug-likeness (QED) is 0.0326. The molecule has 0 aliphatic carbocycles. The van der Waals surface area contributed by atoms with E-state index in [4.69, 9.17) is 28.7 Å². The molecule has 0 aliphatic heterocycles. The van der Waals surface area contributed by atoms with Crippen molar-refractivity contribution in [1.29, 1.82) is 0 Å². The van der Waals surface area contributed by atoms with Crippen LogP contribution in [0.2, 0.25) is 0 Å². The Bertz CT molecular complexity index is 1460. The Morgan fingerprint density at radius 2 is 1.00 bits per heavy atom. The number of aliphatic hydroxyl groups excluding tert-OH is 2. The van der Waals surface area contributed by atoms with Crippen molar-refractivity contribution in [2.75, 3.05) is 32.8 Å². The van der Waals surface area contributed by atoms with Crippen LogP contribution in [-0.4, -0.2) is 150 Å². The van der Waals surface area contributed by atoms with Crippen molar-refractivity contribution in [2.24, 2.45) is 28.7 Å². The topological polar surface area (TPSA) is 455 Å². The molecule has 0 saturated heterocycles. The maximum absolute atomic E-state index is 13.0. The van der Waals surface area contributed by atoms with Gasteiger partial charge in [0.15, 0.2) is 0 Å². The fraction of sp³-hybridized carbons (Fsp3) is 0.645. The van der Waals surface area contributed by atoms with E-state index in [0.29, 0.717) is 19.4 Å². The highest BCUT2D eigenvalue weighted by molar-refractivity contribution is 5.98. The normalized spacial score (nSPS) is 14.4. The van der Waals surface area contributed by atoms with Crippen LogP contribution >= 0.6 is 0 Å². The number of amides is 11. The van der Waals surface area contributed by atoms with Crippen molar-refractivity contribution in [3.63, 3.8) is 0 Å². The molecule has 0 heterocycles. The van der Waals surface area contributed by atoms with Crippen LogP contribution in [0.1, 0.15) is 52.4 Å². The lowest BCUT2D eigenvalue weighted by atomic mass is 10.1. The molecule has 26 heteroatoms. The van der Waals surface area contributed by atoms with E-state index in [1.54, 1.807) is 0 Å². The first kappa shape index (κ1) is 51.0. The van der Waals surface area contributed by atoms with Gasteiger partial charge in [0.05, 0.1) is 38.8 Å². The van der Waals surface area contributed by atoms with Crippen molar-refractivity contribution < 1.29 is 63.0 Å². The van der Waals surface area contributed by atoms with Gasteiger partial charge in [-0.3, -0.25) is 52.7 Å². The summed E-state index contributed by atoms with van der Waals surface area (Å²) >= 11 is 0. The van der Waals surface area contributed by atoms with Crippen LogP contribution in [0.15, 0.2) is 0 Å². The van der Waals surface area contributed by atoms with Crippen molar-refractivity contribution >= 4 is 65.0 Å². The van der Waals surface area contributed by atoms with Crippen LogP contribution in [-0.2, 0) is 52.7 Å². The Kier molecular flexibility index (Phi) is 23.9.